The van der Waals surface area contributed by atoms with Crippen molar-refractivity contribution in [2.45, 2.75) is 25.6 Å². The first kappa shape index (κ1) is 19.2. The van der Waals surface area contributed by atoms with Crippen LogP contribution in [-0.2, 0) is 6.54 Å². The third-order valence-corrected chi connectivity index (χ3v) is 4.79. The molecule has 0 spiro atoms. The number of halogens is 1. The predicted molar refractivity (Wildman–Crippen MR) is 105 cm³/mol. The number of aromatic amines is 1. The number of hydrogen-bond acceptors (Lipinski definition) is 7. The molecule has 27 heavy (non-hydrogen) atoms. The SMILES string of the molecule is CC(C)Cn1c(N)c(C(=O)CSc2nc3ccc(Cl)cc3o2)c(=O)[nH]c1=O. The number of thioether (sulfide) groups is 1. The van der Waals surface area contributed by atoms with E-state index in [4.69, 9.17) is 21.8 Å². The van der Waals surface area contributed by atoms with Crippen LogP contribution in [-0.4, -0.2) is 26.1 Å². The number of nitrogens with zero attached hydrogens (tertiary/aromatic N) is 2. The number of anilines is 1. The van der Waals surface area contributed by atoms with Crippen LogP contribution in [0.15, 0.2) is 37.4 Å². The fourth-order valence-corrected chi connectivity index (χ4v) is 3.41. The van der Waals surface area contributed by atoms with E-state index in [1.165, 1.54) is 4.57 Å². The number of oxazole rings is 1. The van der Waals surface area contributed by atoms with Gasteiger partial charge >= 0.3 is 5.69 Å². The minimum absolute atomic E-state index is 0.111. The minimum atomic E-state index is -0.799. The van der Waals surface area contributed by atoms with Gasteiger partial charge < -0.3 is 10.2 Å². The molecule has 0 saturated heterocycles. The van der Waals surface area contributed by atoms with E-state index in [2.05, 4.69) is 9.97 Å². The molecule has 1 aromatic carbocycles. The number of nitrogen functional groups attached to an aromatic ring is 1. The number of carbonyl (C=O) groups excluding carboxylic acids is 1. The molecule has 0 atom stereocenters. The predicted octanol–water partition coefficient (Wildman–Crippen LogP) is 2.54. The number of Topliss-reactive ketones (excluding diaryl/α,β-unsaturated/α-hetero) is 1. The Balaban J connectivity index is 1.85. The normalized spacial score (nSPS) is 11.4. The Morgan fingerprint density at radius 3 is 2.85 bits per heavy atom. The molecule has 2 aromatic heterocycles. The van der Waals surface area contributed by atoms with Gasteiger partial charge in [0, 0.05) is 17.6 Å². The summed E-state index contributed by atoms with van der Waals surface area (Å²) >= 11 is 6.94. The van der Waals surface area contributed by atoms with Crippen LogP contribution < -0.4 is 17.0 Å². The molecular weight excluding hydrogens is 392 g/mol. The number of carbonyl (C=O) groups is 1. The first-order chi connectivity index (χ1) is 12.8. The van der Waals surface area contributed by atoms with Crippen LogP contribution in [0, 0.1) is 5.92 Å². The maximum absolute atomic E-state index is 12.6. The van der Waals surface area contributed by atoms with Crippen molar-refractivity contribution in [3.8, 4) is 0 Å². The number of hydrogen-bond donors (Lipinski definition) is 2. The Morgan fingerprint density at radius 2 is 2.15 bits per heavy atom. The van der Waals surface area contributed by atoms with E-state index in [1.54, 1.807) is 18.2 Å². The van der Waals surface area contributed by atoms with Crippen molar-refractivity contribution >= 4 is 46.1 Å². The van der Waals surface area contributed by atoms with Crippen molar-refractivity contribution in [3.05, 3.63) is 49.6 Å². The Labute approximate surface area is 162 Å². The van der Waals surface area contributed by atoms with Crippen LogP contribution in [0.3, 0.4) is 0 Å². The van der Waals surface area contributed by atoms with Gasteiger partial charge in [-0.3, -0.25) is 19.1 Å². The average molecular weight is 409 g/mol. The number of fused-ring (bicyclic) bond motifs is 1. The Kier molecular flexibility index (Phi) is 5.43. The van der Waals surface area contributed by atoms with Crippen LogP contribution in [0.5, 0.6) is 0 Å². The molecule has 0 radical (unpaired) electrons. The molecule has 3 aromatic rings. The molecule has 0 fully saturated rings. The van der Waals surface area contributed by atoms with E-state index in [1.807, 2.05) is 13.8 Å². The lowest BCUT2D eigenvalue weighted by atomic mass is 10.2. The number of nitrogens with one attached hydrogen (secondary N) is 1. The number of ketones is 1. The molecule has 2 heterocycles. The topological polar surface area (TPSA) is 124 Å². The van der Waals surface area contributed by atoms with Gasteiger partial charge in [0.2, 0.25) is 0 Å². The van der Waals surface area contributed by atoms with Gasteiger partial charge in [-0.05, 0) is 18.1 Å². The van der Waals surface area contributed by atoms with E-state index in [9.17, 15) is 14.4 Å². The van der Waals surface area contributed by atoms with E-state index >= 15 is 0 Å². The molecule has 3 rings (SSSR count). The largest absolute Gasteiger partial charge is 0.431 e. The second-order valence-corrected chi connectivity index (χ2v) is 7.69. The van der Waals surface area contributed by atoms with Crippen LogP contribution in [0.2, 0.25) is 5.02 Å². The lowest BCUT2D eigenvalue weighted by Crippen LogP contribution is -2.37. The van der Waals surface area contributed by atoms with E-state index in [-0.39, 0.29) is 28.3 Å². The van der Waals surface area contributed by atoms with Gasteiger partial charge in [-0.2, -0.15) is 0 Å². The molecule has 3 N–H and O–H groups in total. The highest BCUT2D eigenvalue weighted by atomic mass is 35.5. The number of rotatable bonds is 6. The van der Waals surface area contributed by atoms with Crippen molar-refractivity contribution in [1.82, 2.24) is 14.5 Å². The van der Waals surface area contributed by atoms with Gasteiger partial charge in [0.25, 0.3) is 10.8 Å². The second kappa shape index (κ2) is 7.61. The Bertz CT molecular complexity index is 1130. The molecule has 0 amide bonds. The van der Waals surface area contributed by atoms with Crippen molar-refractivity contribution in [2.75, 3.05) is 11.5 Å². The summed E-state index contributed by atoms with van der Waals surface area (Å²) in [6.07, 6.45) is 0. The number of aromatic nitrogens is 3. The summed E-state index contributed by atoms with van der Waals surface area (Å²) in [6.45, 7) is 4.09. The van der Waals surface area contributed by atoms with Gasteiger partial charge in [-0.25, -0.2) is 9.78 Å². The van der Waals surface area contributed by atoms with Crippen LogP contribution >= 0.6 is 23.4 Å². The summed E-state index contributed by atoms with van der Waals surface area (Å²) in [5.74, 6) is -0.656. The number of nitrogens with two attached hydrogens (primary N) is 1. The smallest absolute Gasteiger partial charge is 0.329 e. The maximum atomic E-state index is 12.6. The average Bonchev–Trinajstić information content (AvgIpc) is 2.98. The lowest BCUT2D eigenvalue weighted by Gasteiger charge is -2.13. The molecule has 0 aliphatic heterocycles. The highest BCUT2D eigenvalue weighted by Crippen LogP contribution is 2.26. The number of H-pyrrole nitrogens is 1. The van der Waals surface area contributed by atoms with Crippen LogP contribution in [0.1, 0.15) is 24.2 Å². The summed E-state index contributed by atoms with van der Waals surface area (Å²) in [5, 5.41) is 0.782. The number of benzene rings is 1. The van der Waals surface area contributed by atoms with Gasteiger partial charge in [-0.1, -0.05) is 37.2 Å². The van der Waals surface area contributed by atoms with Crippen molar-refractivity contribution < 1.29 is 9.21 Å². The van der Waals surface area contributed by atoms with Gasteiger partial charge in [0.05, 0.1) is 5.75 Å². The highest BCUT2D eigenvalue weighted by Gasteiger charge is 2.21. The summed E-state index contributed by atoms with van der Waals surface area (Å²) in [4.78, 5) is 43.0. The summed E-state index contributed by atoms with van der Waals surface area (Å²) < 4.78 is 6.73. The maximum Gasteiger partial charge on any atom is 0.329 e. The van der Waals surface area contributed by atoms with Crippen molar-refractivity contribution in [2.24, 2.45) is 5.92 Å². The Hall–Kier alpha value is -2.52. The van der Waals surface area contributed by atoms with Gasteiger partial charge in [-0.15, -0.1) is 0 Å². The third kappa shape index (κ3) is 4.09. The fourth-order valence-electron chi connectivity index (χ4n) is 2.54. The summed E-state index contributed by atoms with van der Waals surface area (Å²) in [5.41, 5.74) is 5.38. The first-order valence-corrected chi connectivity index (χ1v) is 9.47. The quantitative estimate of drug-likeness (QED) is 0.474. The lowest BCUT2D eigenvalue weighted by molar-refractivity contribution is 0.102. The fraction of sp³-hybridized carbons (Fsp3) is 0.294. The zero-order valence-corrected chi connectivity index (χ0v) is 16.2. The molecule has 8 nitrogen and oxygen atoms in total. The molecule has 0 aliphatic carbocycles. The van der Waals surface area contributed by atoms with Crippen LogP contribution in [0.4, 0.5) is 5.82 Å². The monoisotopic (exact) mass is 408 g/mol. The molecule has 0 unspecified atom stereocenters. The first-order valence-electron chi connectivity index (χ1n) is 8.11. The van der Waals surface area contributed by atoms with Crippen LogP contribution in [0.25, 0.3) is 11.1 Å². The Morgan fingerprint density at radius 1 is 1.41 bits per heavy atom. The molecule has 142 valence electrons. The standard InChI is InChI=1S/C17H17ClN4O4S/c1-8(2)6-22-14(19)13(15(24)21-16(22)25)11(23)7-27-17-20-10-4-3-9(18)5-12(10)26-17/h3-5,8H,6-7,19H2,1-2H3,(H,21,24,25). The minimum Gasteiger partial charge on any atom is -0.431 e. The molecule has 0 aliphatic rings. The summed E-state index contributed by atoms with van der Waals surface area (Å²) in [7, 11) is 0. The second-order valence-electron chi connectivity index (χ2n) is 6.33. The van der Waals surface area contributed by atoms with E-state index in [0.29, 0.717) is 22.7 Å². The highest BCUT2D eigenvalue weighted by molar-refractivity contribution is 7.99. The third-order valence-electron chi connectivity index (χ3n) is 3.72. The zero-order chi connectivity index (χ0) is 19.7. The molecular formula is C17H17ClN4O4S. The van der Waals surface area contributed by atoms with E-state index in [0.717, 1.165) is 11.8 Å². The molecule has 0 saturated carbocycles. The summed E-state index contributed by atoms with van der Waals surface area (Å²) in [6, 6.07) is 5.02. The van der Waals surface area contributed by atoms with Crippen molar-refractivity contribution in [1.29, 1.82) is 0 Å². The van der Waals surface area contributed by atoms with Gasteiger partial charge in [0.15, 0.2) is 11.4 Å². The molecule has 0 bridgehead atoms. The van der Waals surface area contributed by atoms with Crippen molar-refractivity contribution in [3.63, 3.8) is 0 Å². The zero-order valence-electron chi connectivity index (χ0n) is 14.6. The van der Waals surface area contributed by atoms with Gasteiger partial charge in [0.1, 0.15) is 16.9 Å². The molecule has 10 heteroatoms. The van der Waals surface area contributed by atoms with E-state index < -0.39 is 17.0 Å².